The molecule has 0 saturated carbocycles. The second-order valence-corrected chi connectivity index (χ2v) is 6.41. The summed E-state index contributed by atoms with van der Waals surface area (Å²) in [5.41, 5.74) is 5.96. The van der Waals surface area contributed by atoms with Gasteiger partial charge < -0.3 is 4.74 Å². The molecule has 0 unspecified atom stereocenters. The van der Waals surface area contributed by atoms with Gasteiger partial charge in [0.25, 0.3) is 0 Å². The molecule has 0 atom stereocenters. The van der Waals surface area contributed by atoms with Gasteiger partial charge in [0, 0.05) is 24.4 Å². The average Bonchev–Trinajstić information content (AvgIpc) is 3.13. The van der Waals surface area contributed by atoms with Crippen molar-refractivity contribution in [3.63, 3.8) is 0 Å². The predicted molar refractivity (Wildman–Crippen MR) is 104 cm³/mol. The number of aryl methyl sites for hydroxylation is 2. The van der Waals surface area contributed by atoms with Crippen molar-refractivity contribution in [1.29, 1.82) is 0 Å². The number of aldehydes is 1. The SMILES string of the molecule is CCc1ccc(C(=O)OC)cc1Cc1ccc(-c2ccn(C)n2)cc1C=O. The first-order chi connectivity index (χ1) is 13.0. The molecule has 0 bridgehead atoms. The van der Waals surface area contributed by atoms with Gasteiger partial charge in [-0.25, -0.2) is 4.79 Å². The van der Waals surface area contributed by atoms with Gasteiger partial charge in [0.2, 0.25) is 0 Å². The monoisotopic (exact) mass is 362 g/mol. The number of rotatable bonds is 6. The summed E-state index contributed by atoms with van der Waals surface area (Å²) >= 11 is 0. The van der Waals surface area contributed by atoms with Crippen molar-refractivity contribution in [3.05, 3.63) is 76.5 Å². The maximum atomic E-state index is 11.9. The summed E-state index contributed by atoms with van der Waals surface area (Å²) in [4.78, 5) is 23.5. The van der Waals surface area contributed by atoms with Crippen LogP contribution < -0.4 is 0 Å². The molecule has 0 aliphatic heterocycles. The van der Waals surface area contributed by atoms with Gasteiger partial charge in [0.1, 0.15) is 6.29 Å². The molecule has 5 heteroatoms. The highest BCUT2D eigenvalue weighted by Gasteiger charge is 2.12. The number of carbonyl (C=O) groups is 2. The Kier molecular flexibility index (Phi) is 5.50. The number of hydrogen-bond donors (Lipinski definition) is 0. The van der Waals surface area contributed by atoms with Gasteiger partial charge in [-0.2, -0.15) is 5.10 Å². The summed E-state index contributed by atoms with van der Waals surface area (Å²) in [6, 6.07) is 13.3. The minimum absolute atomic E-state index is 0.361. The quantitative estimate of drug-likeness (QED) is 0.494. The Morgan fingerprint density at radius 1 is 1.11 bits per heavy atom. The second-order valence-electron chi connectivity index (χ2n) is 6.41. The molecule has 0 spiro atoms. The van der Waals surface area contributed by atoms with Crippen LogP contribution in [0.25, 0.3) is 11.3 Å². The molecule has 1 aromatic heterocycles. The summed E-state index contributed by atoms with van der Waals surface area (Å²) in [6.07, 6.45) is 4.16. The van der Waals surface area contributed by atoms with Crippen molar-refractivity contribution in [1.82, 2.24) is 9.78 Å². The van der Waals surface area contributed by atoms with Gasteiger partial charge in [0.15, 0.2) is 0 Å². The Morgan fingerprint density at radius 2 is 1.89 bits per heavy atom. The Labute approximate surface area is 158 Å². The van der Waals surface area contributed by atoms with Crippen molar-refractivity contribution in [2.24, 2.45) is 7.05 Å². The van der Waals surface area contributed by atoms with Crippen LogP contribution in [0.3, 0.4) is 0 Å². The van der Waals surface area contributed by atoms with Crippen LogP contribution >= 0.6 is 0 Å². The Bertz CT molecular complexity index is 989. The van der Waals surface area contributed by atoms with Crippen LogP contribution in [0.5, 0.6) is 0 Å². The maximum Gasteiger partial charge on any atom is 0.337 e. The van der Waals surface area contributed by atoms with E-state index in [1.54, 1.807) is 10.7 Å². The summed E-state index contributed by atoms with van der Waals surface area (Å²) in [7, 11) is 3.23. The van der Waals surface area contributed by atoms with E-state index < -0.39 is 0 Å². The Morgan fingerprint density at radius 3 is 2.52 bits per heavy atom. The van der Waals surface area contributed by atoms with Gasteiger partial charge >= 0.3 is 5.97 Å². The van der Waals surface area contributed by atoms with E-state index in [1.807, 2.05) is 49.6 Å². The van der Waals surface area contributed by atoms with E-state index in [1.165, 1.54) is 7.11 Å². The number of aromatic nitrogens is 2. The molecular formula is C22H22N2O3. The predicted octanol–water partition coefficient (Wildman–Crippen LogP) is 3.84. The first-order valence-electron chi connectivity index (χ1n) is 8.84. The van der Waals surface area contributed by atoms with E-state index in [2.05, 4.69) is 12.0 Å². The molecule has 0 aliphatic carbocycles. The molecule has 0 N–H and O–H groups in total. The largest absolute Gasteiger partial charge is 0.465 e. The summed E-state index contributed by atoms with van der Waals surface area (Å²) in [5, 5.41) is 4.39. The smallest absolute Gasteiger partial charge is 0.337 e. The fourth-order valence-corrected chi connectivity index (χ4v) is 3.18. The molecule has 27 heavy (non-hydrogen) atoms. The van der Waals surface area contributed by atoms with Crippen molar-refractivity contribution in [2.45, 2.75) is 19.8 Å². The Hall–Kier alpha value is -3.21. The number of carbonyl (C=O) groups excluding carboxylic acids is 2. The lowest BCUT2D eigenvalue weighted by Gasteiger charge is -2.12. The lowest BCUT2D eigenvalue weighted by molar-refractivity contribution is 0.0600. The molecule has 0 saturated heterocycles. The maximum absolute atomic E-state index is 11.9. The van der Waals surface area contributed by atoms with Crippen molar-refractivity contribution < 1.29 is 14.3 Å². The molecule has 3 rings (SSSR count). The highest BCUT2D eigenvalue weighted by atomic mass is 16.5. The number of esters is 1. The van der Waals surface area contributed by atoms with Crippen LogP contribution in [-0.4, -0.2) is 29.1 Å². The zero-order valence-electron chi connectivity index (χ0n) is 15.7. The molecule has 0 fully saturated rings. The molecule has 5 nitrogen and oxygen atoms in total. The van der Waals surface area contributed by atoms with Crippen LogP contribution in [-0.2, 0) is 24.6 Å². The molecule has 2 aromatic carbocycles. The molecule has 1 heterocycles. The van der Waals surface area contributed by atoms with E-state index in [0.717, 1.165) is 40.7 Å². The van der Waals surface area contributed by atoms with Crippen LogP contribution in [0, 0.1) is 0 Å². The van der Waals surface area contributed by atoms with Crippen molar-refractivity contribution >= 4 is 12.3 Å². The standard InChI is InChI=1S/C22H22N2O3/c1-4-15-5-8-18(22(26)27-3)13-19(15)11-16-6-7-17(12-20(16)14-25)21-9-10-24(2)23-21/h5-10,12-14H,4,11H2,1-3H3. The minimum atomic E-state index is -0.361. The average molecular weight is 362 g/mol. The minimum Gasteiger partial charge on any atom is -0.465 e. The van der Waals surface area contributed by atoms with Crippen molar-refractivity contribution in [2.75, 3.05) is 7.11 Å². The number of benzene rings is 2. The summed E-state index contributed by atoms with van der Waals surface area (Å²) < 4.78 is 6.55. The molecule has 0 aliphatic rings. The van der Waals surface area contributed by atoms with Gasteiger partial charge in [-0.05, 0) is 53.8 Å². The molecule has 0 radical (unpaired) electrons. The Balaban J connectivity index is 1.97. The first-order valence-corrected chi connectivity index (χ1v) is 8.84. The van der Waals surface area contributed by atoms with E-state index in [4.69, 9.17) is 4.74 Å². The highest BCUT2D eigenvalue weighted by molar-refractivity contribution is 5.89. The lowest BCUT2D eigenvalue weighted by Crippen LogP contribution is -2.05. The summed E-state index contributed by atoms with van der Waals surface area (Å²) in [6.45, 7) is 2.07. The van der Waals surface area contributed by atoms with Crippen LogP contribution in [0.2, 0.25) is 0 Å². The topological polar surface area (TPSA) is 61.2 Å². The zero-order valence-corrected chi connectivity index (χ0v) is 15.7. The van der Waals surface area contributed by atoms with Gasteiger partial charge in [-0.15, -0.1) is 0 Å². The molecular weight excluding hydrogens is 340 g/mol. The van der Waals surface area contributed by atoms with Gasteiger partial charge in [-0.1, -0.05) is 25.1 Å². The molecule has 0 amide bonds. The van der Waals surface area contributed by atoms with Crippen LogP contribution in [0.1, 0.15) is 44.3 Å². The van der Waals surface area contributed by atoms with Crippen LogP contribution in [0.4, 0.5) is 0 Å². The number of nitrogens with zero attached hydrogens (tertiary/aromatic N) is 2. The fraction of sp³-hybridized carbons (Fsp3) is 0.227. The third kappa shape index (κ3) is 3.97. The molecule has 3 aromatic rings. The number of methoxy groups -OCH3 is 1. The second kappa shape index (κ2) is 7.99. The summed E-state index contributed by atoms with van der Waals surface area (Å²) in [5.74, 6) is -0.361. The van der Waals surface area contributed by atoms with Crippen LogP contribution in [0.15, 0.2) is 48.7 Å². The van der Waals surface area contributed by atoms with Gasteiger partial charge in [-0.3, -0.25) is 9.48 Å². The van der Waals surface area contributed by atoms with Crippen molar-refractivity contribution in [3.8, 4) is 11.3 Å². The van der Waals surface area contributed by atoms with E-state index in [0.29, 0.717) is 17.5 Å². The normalized spacial score (nSPS) is 10.6. The lowest BCUT2D eigenvalue weighted by atomic mass is 9.93. The zero-order chi connectivity index (χ0) is 19.4. The van der Waals surface area contributed by atoms with Gasteiger partial charge in [0.05, 0.1) is 18.4 Å². The third-order valence-corrected chi connectivity index (χ3v) is 4.67. The van der Waals surface area contributed by atoms with E-state index in [9.17, 15) is 9.59 Å². The fourth-order valence-electron chi connectivity index (χ4n) is 3.18. The number of hydrogen-bond acceptors (Lipinski definition) is 4. The molecule has 138 valence electrons. The third-order valence-electron chi connectivity index (χ3n) is 4.67. The van der Waals surface area contributed by atoms with E-state index in [-0.39, 0.29) is 5.97 Å². The number of ether oxygens (including phenoxy) is 1. The van der Waals surface area contributed by atoms with E-state index >= 15 is 0 Å². The first kappa shape index (κ1) is 18.6. The highest BCUT2D eigenvalue weighted by Crippen LogP contribution is 2.24.